The van der Waals surface area contributed by atoms with E-state index in [-0.39, 0.29) is 6.10 Å². The van der Waals surface area contributed by atoms with Crippen LogP contribution in [0.3, 0.4) is 0 Å². The number of ether oxygens (including phenoxy) is 3. The number of rotatable bonds is 7. The van der Waals surface area contributed by atoms with Crippen molar-refractivity contribution in [2.24, 2.45) is 0 Å². The Kier molecular flexibility index (Phi) is 7.58. The highest BCUT2D eigenvalue weighted by Gasteiger charge is 2.19. The summed E-state index contributed by atoms with van der Waals surface area (Å²) in [5.41, 5.74) is 0. The van der Waals surface area contributed by atoms with E-state index in [2.05, 4.69) is 6.58 Å². The molecule has 0 aliphatic heterocycles. The lowest BCUT2D eigenvalue weighted by Crippen LogP contribution is -2.40. The Morgan fingerprint density at radius 1 is 1.44 bits per heavy atom. The molecule has 0 radical (unpaired) electrons. The minimum absolute atomic E-state index is 0.301. The van der Waals surface area contributed by atoms with Crippen LogP contribution >= 0.6 is 0 Å². The summed E-state index contributed by atoms with van der Waals surface area (Å²) in [6.07, 6.45) is 0.432. The van der Waals surface area contributed by atoms with Gasteiger partial charge < -0.3 is 19.1 Å². The third-order valence-electron chi connectivity index (χ3n) is 2.15. The molecule has 0 aromatic rings. The topological polar surface area (TPSA) is 48.0 Å². The first-order valence-electron chi connectivity index (χ1n) is 5.22. The number of hydrogen-bond acceptors (Lipinski definition) is 4. The van der Waals surface area contributed by atoms with E-state index in [1.165, 1.54) is 19.1 Å². The van der Waals surface area contributed by atoms with E-state index >= 15 is 0 Å². The molecule has 1 atom stereocenters. The molecule has 0 spiro atoms. The number of hydrogen-bond donors (Lipinski definition) is 0. The van der Waals surface area contributed by atoms with Gasteiger partial charge in [-0.2, -0.15) is 0 Å². The van der Waals surface area contributed by atoms with E-state index < -0.39 is 12.4 Å². The van der Waals surface area contributed by atoms with E-state index in [1.807, 2.05) is 6.92 Å². The number of amides is 1. The summed E-state index contributed by atoms with van der Waals surface area (Å²) in [7, 11) is 3.05. The summed E-state index contributed by atoms with van der Waals surface area (Å²) in [6, 6.07) is 0. The van der Waals surface area contributed by atoms with E-state index in [4.69, 9.17) is 14.2 Å². The molecule has 0 fully saturated rings. The highest BCUT2D eigenvalue weighted by Crippen LogP contribution is 2.03. The molecular formula is C11H21NO4. The summed E-state index contributed by atoms with van der Waals surface area (Å²) < 4.78 is 15.1. The van der Waals surface area contributed by atoms with Crippen molar-refractivity contribution in [3.8, 4) is 0 Å². The van der Waals surface area contributed by atoms with Crippen molar-refractivity contribution in [2.45, 2.75) is 26.2 Å². The van der Waals surface area contributed by atoms with Crippen LogP contribution in [-0.4, -0.2) is 50.7 Å². The van der Waals surface area contributed by atoms with Crippen LogP contribution in [0.4, 0.5) is 4.79 Å². The molecule has 5 heteroatoms. The SMILES string of the molecule is C=CC(C)OC(=O)N(CC)CC(OC)OC. The lowest BCUT2D eigenvalue weighted by Gasteiger charge is -2.25. The largest absolute Gasteiger partial charge is 0.442 e. The van der Waals surface area contributed by atoms with Gasteiger partial charge in [-0.1, -0.05) is 12.7 Å². The van der Waals surface area contributed by atoms with Crippen LogP contribution in [0.2, 0.25) is 0 Å². The third-order valence-corrected chi connectivity index (χ3v) is 2.15. The fourth-order valence-electron chi connectivity index (χ4n) is 1.04. The minimum atomic E-state index is -0.438. The van der Waals surface area contributed by atoms with E-state index in [9.17, 15) is 4.79 Å². The second-order valence-corrected chi connectivity index (χ2v) is 3.26. The zero-order valence-corrected chi connectivity index (χ0v) is 10.4. The molecule has 0 rings (SSSR count). The van der Waals surface area contributed by atoms with Gasteiger partial charge in [-0.3, -0.25) is 0 Å². The van der Waals surface area contributed by atoms with Gasteiger partial charge in [0.2, 0.25) is 0 Å². The lowest BCUT2D eigenvalue weighted by molar-refractivity contribution is -0.113. The summed E-state index contributed by atoms with van der Waals surface area (Å²) in [4.78, 5) is 13.2. The van der Waals surface area contributed by atoms with Gasteiger partial charge in [0.05, 0.1) is 6.54 Å². The summed E-state index contributed by atoms with van der Waals surface area (Å²) in [6.45, 7) is 8.04. The molecule has 0 saturated carbocycles. The highest BCUT2D eigenvalue weighted by molar-refractivity contribution is 5.67. The summed E-state index contributed by atoms with van der Waals surface area (Å²) in [5, 5.41) is 0. The van der Waals surface area contributed by atoms with Crippen LogP contribution < -0.4 is 0 Å². The number of carbonyl (C=O) groups excluding carboxylic acids is 1. The molecule has 0 aliphatic carbocycles. The molecule has 1 unspecified atom stereocenters. The Balaban J connectivity index is 4.25. The van der Waals surface area contributed by atoms with Crippen molar-refractivity contribution in [3.63, 3.8) is 0 Å². The van der Waals surface area contributed by atoms with Crippen LogP contribution in [0.1, 0.15) is 13.8 Å². The van der Waals surface area contributed by atoms with Crippen molar-refractivity contribution < 1.29 is 19.0 Å². The van der Waals surface area contributed by atoms with Gasteiger partial charge in [-0.25, -0.2) is 4.79 Å². The Labute approximate surface area is 97.0 Å². The molecule has 0 saturated heterocycles. The lowest BCUT2D eigenvalue weighted by atomic mass is 10.4. The van der Waals surface area contributed by atoms with E-state index in [0.29, 0.717) is 13.1 Å². The number of carbonyl (C=O) groups is 1. The minimum Gasteiger partial charge on any atom is -0.442 e. The molecule has 0 aromatic carbocycles. The van der Waals surface area contributed by atoms with E-state index in [0.717, 1.165) is 0 Å². The molecule has 16 heavy (non-hydrogen) atoms. The normalized spacial score (nSPS) is 12.3. The predicted octanol–water partition coefficient (Wildman–Crippen LogP) is 1.64. The van der Waals surface area contributed by atoms with Crippen molar-refractivity contribution >= 4 is 6.09 Å². The Bertz CT molecular complexity index is 216. The van der Waals surface area contributed by atoms with Crippen molar-refractivity contribution in [2.75, 3.05) is 27.3 Å². The van der Waals surface area contributed by atoms with Gasteiger partial charge in [0.15, 0.2) is 6.29 Å². The van der Waals surface area contributed by atoms with Crippen LogP contribution in [0.25, 0.3) is 0 Å². The maximum atomic E-state index is 11.7. The molecule has 5 nitrogen and oxygen atoms in total. The second-order valence-electron chi connectivity index (χ2n) is 3.26. The van der Waals surface area contributed by atoms with Crippen molar-refractivity contribution in [1.29, 1.82) is 0 Å². The summed E-state index contributed by atoms with van der Waals surface area (Å²) in [5.74, 6) is 0. The molecule has 0 N–H and O–H groups in total. The van der Waals surface area contributed by atoms with Gasteiger partial charge >= 0.3 is 6.09 Å². The van der Waals surface area contributed by atoms with Crippen LogP contribution in [0.5, 0.6) is 0 Å². The first-order chi connectivity index (χ1) is 7.58. The highest BCUT2D eigenvalue weighted by atomic mass is 16.7. The maximum absolute atomic E-state index is 11.7. The van der Waals surface area contributed by atoms with Crippen LogP contribution in [0, 0.1) is 0 Å². The molecule has 94 valence electrons. The zero-order valence-electron chi connectivity index (χ0n) is 10.4. The Morgan fingerprint density at radius 3 is 2.38 bits per heavy atom. The quantitative estimate of drug-likeness (QED) is 0.493. The summed E-state index contributed by atoms with van der Waals surface area (Å²) >= 11 is 0. The van der Waals surface area contributed by atoms with Gasteiger partial charge in [-0.05, 0) is 13.8 Å². The Hall–Kier alpha value is -1.07. The number of methoxy groups -OCH3 is 2. The number of likely N-dealkylation sites (N-methyl/N-ethyl adjacent to an activating group) is 1. The van der Waals surface area contributed by atoms with Crippen molar-refractivity contribution in [3.05, 3.63) is 12.7 Å². The third kappa shape index (κ3) is 5.14. The Morgan fingerprint density at radius 2 is 2.00 bits per heavy atom. The second kappa shape index (κ2) is 8.13. The van der Waals surface area contributed by atoms with Gasteiger partial charge in [0.1, 0.15) is 6.10 Å². The van der Waals surface area contributed by atoms with Gasteiger partial charge in [-0.15, -0.1) is 0 Å². The fraction of sp³-hybridized carbons (Fsp3) is 0.727. The number of nitrogens with zero attached hydrogens (tertiary/aromatic N) is 1. The van der Waals surface area contributed by atoms with Gasteiger partial charge in [0, 0.05) is 20.8 Å². The molecule has 1 amide bonds. The first-order valence-corrected chi connectivity index (χ1v) is 5.22. The molecule has 0 heterocycles. The molecular weight excluding hydrogens is 210 g/mol. The van der Waals surface area contributed by atoms with E-state index in [1.54, 1.807) is 13.0 Å². The zero-order chi connectivity index (χ0) is 12.6. The van der Waals surface area contributed by atoms with Gasteiger partial charge in [0.25, 0.3) is 0 Å². The molecule has 0 aromatic heterocycles. The van der Waals surface area contributed by atoms with Crippen molar-refractivity contribution in [1.82, 2.24) is 4.90 Å². The predicted molar refractivity (Wildman–Crippen MR) is 61.2 cm³/mol. The van der Waals surface area contributed by atoms with Crippen LogP contribution in [-0.2, 0) is 14.2 Å². The van der Waals surface area contributed by atoms with Crippen LogP contribution in [0.15, 0.2) is 12.7 Å². The standard InChI is InChI=1S/C11H21NO4/c1-6-9(3)16-11(13)12(7-2)8-10(14-4)15-5/h6,9-10H,1,7-8H2,2-5H3. The average molecular weight is 231 g/mol. The molecule has 0 bridgehead atoms. The monoisotopic (exact) mass is 231 g/mol. The maximum Gasteiger partial charge on any atom is 0.410 e. The first kappa shape index (κ1) is 14.9. The fourth-order valence-corrected chi connectivity index (χ4v) is 1.04. The average Bonchev–Trinajstić information content (AvgIpc) is 2.30. The smallest absolute Gasteiger partial charge is 0.410 e. The molecule has 0 aliphatic rings.